The maximum atomic E-state index is 13.6. The lowest BCUT2D eigenvalue weighted by atomic mass is 9.84. The van der Waals surface area contributed by atoms with E-state index in [2.05, 4.69) is 11.0 Å². The number of sulfonamides is 1. The Morgan fingerprint density at radius 3 is 2.16 bits per heavy atom. The Kier molecular flexibility index (Phi) is 5.74. The number of alkyl halides is 3. The van der Waals surface area contributed by atoms with Crippen molar-refractivity contribution in [2.45, 2.75) is 61.9 Å². The number of anilines is 1. The summed E-state index contributed by atoms with van der Waals surface area (Å²) in [7, 11) is -3.30. The van der Waals surface area contributed by atoms with Crippen LogP contribution in [-0.4, -0.2) is 56.2 Å². The monoisotopic (exact) mass is 460 g/mol. The Balaban J connectivity index is 0.000000289. The highest BCUT2D eigenvalue weighted by molar-refractivity contribution is 7.94. The molecular weight excluding hydrogens is 433 g/mol. The Morgan fingerprint density at radius 1 is 1.10 bits per heavy atom. The summed E-state index contributed by atoms with van der Waals surface area (Å²) in [5.41, 5.74) is 2.03. The number of nitrogens with zero attached hydrogens (tertiary/aromatic N) is 2. The standard InChI is InChI=1S/C19H26N2O2S.C2HF3O2/c22-24(23)19(10-12-20(13-11-19)16-4-3-5-16)17-6-1-2-7-18(17)21(24)14-15-8-9-15;3-2(4,5)1(6)7/h1-2,6-7,15-16H,3-5,8-14H2;(H,6,7). The number of hydrogen-bond acceptors (Lipinski definition) is 4. The fourth-order valence-electron chi connectivity index (χ4n) is 4.82. The third kappa shape index (κ3) is 4.04. The van der Waals surface area contributed by atoms with E-state index in [1.165, 1.54) is 32.1 Å². The van der Waals surface area contributed by atoms with E-state index < -0.39 is 26.9 Å². The summed E-state index contributed by atoms with van der Waals surface area (Å²) in [5.74, 6) is -2.19. The number of benzene rings is 1. The molecule has 1 spiro atoms. The number of likely N-dealkylation sites (tertiary alicyclic amines) is 1. The third-order valence-corrected chi connectivity index (χ3v) is 9.55. The molecule has 2 aliphatic carbocycles. The van der Waals surface area contributed by atoms with E-state index >= 15 is 0 Å². The zero-order valence-electron chi connectivity index (χ0n) is 17.1. The van der Waals surface area contributed by atoms with E-state index in [1.807, 2.05) is 18.2 Å². The average molecular weight is 461 g/mol. The van der Waals surface area contributed by atoms with Crippen LogP contribution in [0.4, 0.5) is 18.9 Å². The van der Waals surface area contributed by atoms with E-state index in [-0.39, 0.29) is 0 Å². The summed E-state index contributed by atoms with van der Waals surface area (Å²) in [5, 5.41) is 7.12. The van der Waals surface area contributed by atoms with E-state index in [4.69, 9.17) is 9.90 Å². The van der Waals surface area contributed by atoms with Crippen LogP contribution in [0, 0.1) is 5.92 Å². The summed E-state index contributed by atoms with van der Waals surface area (Å²) < 4.78 is 59.9. The van der Waals surface area contributed by atoms with Gasteiger partial charge in [0, 0.05) is 25.7 Å². The molecule has 10 heteroatoms. The van der Waals surface area contributed by atoms with Crippen LogP contribution in [0.2, 0.25) is 0 Å². The van der Waals surface area contributed by atoms with Crippen LogP contribution in [0.1, 0.15) is 50.5 Å². The van der Waals surface area contributed by atoms with Crippen LogP contribution in [0.25, 0.3) is 0 Å². The minimum absolute atomic E-state index is 0.568. The Morgan fingerprint density at radius 2 is 1.68 bits per heavy atom. The van der Waals surface area contributed by atoms with E-state index in [0.717, 1.165) is 37.2 Å². The summed E-state index contributed by atoms with van der Waals surface area (Å²) in [6.45, 7) is 2.54. The van der Waals surface area contributed by atoms with Crippen LogP contribution < -0.4 is 4.31 Å². The van der Waals surface area contributed by atoms with Crippen molar-refractivity contribution in [3.05, 3.63) is 29.8 Å². The molecule has 0 amide bonds. The molecule has 1 aromatic carbocycles. The lowest BCUT2D eigenvalue weighted by molar-refractivity contribution is -0.192. The lowest BCUT2D eigenvalue weighted by Gasteiger charge is -2.45. The number of carbonyl (C=O) groups is 1. The molecule has 4 aliphatic rings. The van der Waals surface area contributed by atoms with Crippen LogP contribution in [-0.2, 0) is 19.6 Å². The number of halogens is 3. The van der Waals surface area contributed by atoms with Crippen LogP contribution in [0.3, 0.4) is 0 Å². The van der Waals surface area contributed by atoms with E-state index in [1.54, 1.807) is 4.31 Å². The highest BCUT2D eigenvalue weighted by atomic mass is 32.2. The van der Waals surface area contributed by atoms with Gasteiger partial charge in [-0.2, -0.15) is 13.2 Å². The fraction of sp³-hybridized carbons (Fsp3) is 0.667. The van der Waals surface area contributed by atoms with Gasteiger partial charge in [0.25, 0.3) is 0 Å². The van der Waals surface area contributed by atoms with Crippen molar-refractivity contribution >= 4 is 21.7 Å². The fourth-order valence-corrected chi connectivity index (χ4v) is 7.21. The normalized spacial score (nSPS) is 24.8. The zero-order chi connectivity index (χ0) is 22.4. The van der Waals surface area contributed by atoms with Crippen molar-refractivity contribution in [2.24, 2.45) is 5.92 Å². The summed E-state index contributed by atoms with van der Waals surface area (Å²) >= 11 is 0. The largest absolute Gasteiger partial charge is 0.490 e. The number of rotatable bonds is 3. The van der Waals surface area contributed by atoms with Gasteiger partial charge in [0.1, 0.15) is 4.75 Å². The van der Waals surface area contributed by atoms with E-state index in [9.17, 15) is 21.6 Å². The van der Waals surface area contributed by atoms with E-state index in [0.29, 0.717) is 18.5 Å². The first-order chi connectivity index (χ1) is 14.6. The zero-order valence-corrected chi connectivity index (χ0v) is 18.0. The average Bonchev–Trinajstić information content (AvgIpc) is 3.46. The van der Waals surface area contributed by atoms with Gasteiger partial charge < -0.3 is 10.0 Å². The Hall–Kier alpha value is -1.81. The number of hydrogen-bond donors (Lipinski definition) is 1. The molecule has 5 rings (SSSR count). The summed E-state index contributed by atoms with van der Waals surface area (Å²) in [6, 6.07) is 8.79. The molecular formula is C21H27F3N2O4S. The van der Waals surface area contributed by atoms with Crippen molar-refractivity contribution in [1.82, 2.24) is 4.90 Å². The molecule has 1 aromatic rings. The summed E-state index contributed by atoms with van der Waals surface area (Å²) in [4.78, 5) is 11.4. The highest BCUT2D eigenvalue weighted by Crippen LogP contribution is 2.54. The lowest BCUT2D eigenvalue weighted by Crippen LogP contribution is -2.52. The molecule has 0 radical (unpaired) electrons. The number of carboxylic acids is 1. The SMILES string of the molecule is O=C(O)C(F)(F)F.O=S1(=O)N(CC2CC2)c2ccccc2C12CCN(C1CCC1)CC2. The predicted octanol–water partition coefficient (Wildman–Crippen LogP) is 3.72. The number of carboxylic acid groups (broad SMARTS) is 1. The van der Waals surface area contributed by atoms with Crippen molar-refractivity contribution in [2.75, 3.05) is 23.9 Å². The number of aliphatic carboxylic acids is 1. The number of fused-ring (bicyclic) bond motifs is 2. The van der Waals surface area contributed by atoms with Crippen molar-refractivity contribution in [3.8, 4) is 0 Å². The van der Waals surface area contributed by atoms with Gasteiger partial charge in [-0.15, -0.1) is 0 Å². The molecule has 31 heavy (non-hydrogen) atoms. The van der Waals surface area contributed by atoms with Crippen LogP contribution in [0.15, 0.2) is 24.3 Å². The summed E-state index contributed by atoms with van der Waals surface area (Å²) in [6.07, 6.45) is 2.71. The molecule has 1 N–H and O–H groups in total. The maximum absolute atomic E-state index is 13.6. The second-order valence-corrected chi connectivity index (χ2v) is 11.1. The highest BCUT2D eigenvalue weighted by Gasteiger charge is 2.57. The molecule has 172 valence electrons. The van der Waals surface area contributed by atoms with Crippen LogP contribution in [0.5, 0.6) is 0 Å². The first-order valence-electron chi connectivity index (χ1n) is 10.7. The topological polar surface area (TPSA) is 77.9 Å². The Labute approximate surface area is 180 Å². The molecule has 6 nitrogen and oxygen atoms in total. The van der Waals surface area contributed by atoms with Gasteiger partial charge >= 0.3 is 12.1 Å². The van der Waals surface area contributed by atoms with Gasteiger partial charge in [0.15, 0.2) is 0 Å². The molecule has 3 fully saturated rings. The minimum atomic E-state index is -5.08. The molecule has 2 heterocycles. The van der Waals surface area contributed by atoms with Crippen molar-refractivity contribution in [1.29, 1.82) is 0 Å². The second-order valence-electron chi connectivity index (χ2n) is 8.91. The van der Waals surface area contributed by atoms with Gasteiger partial charge in [-0.25, -0.2) is 13.2 Å². The quantitative estimate of drug-likeness (QED) is 0.744. The number of piperidine rings is 1. The molecule has 0 bridgehead atoms. The number of para-hydroxylation sites is 1. The molecule has 2 aliphatic heterocycles. The van der Waals surface area contributed by atoms with Gasteiger partial charge in [0.05, 0.1) is 5.69 Å². The first-order valence-corrected chi connectivity index (χ1v) is 12.2. The third-order valence-electron chi connectivity index (χ3n) is 7.01. The second kappa shape index (κ2) is 7.95. The Bertz CT molecular complexity index is 934. The first kappa shape index (κ1) is 22.4. The molecule has 0 unspecified atom stereocenters. The molecule has 0 aromatic heterocycles. The van der Waals surface area contributed by atoms with Gasteiger partial charge in [-0.05, 0) is 56.1 Å². The molecule has 0 atom stereocenters. The van der Waals surface area contributed by atoms with Crippen molar-refractivity contribution in [3.63, 3.8) is 0 Å². The minimum Gasteiger partial charge on any atom is -0.475 e. The van der Waals surface area contributed by atoms with Crippen molar-refractivity contribution < 1.29 is 31.5 Å². The molecule has 1 saturated heterocycles. The van der Waals surface area contributed by atoms with Gasteiger partial charge in [-0.1, -0.05) is 24.6 Å². The molecule has 2 saturated carbocycles. The maximum Gasteiger partial charge on any atom is 0.490 e. The van der Waals surface area contributed by atoms with Gasteiger partial charge in [0.2, 0.25) is 10.0 Å². The predicted molar refractivity (Wildman–Crippen MR) is 109 cm³/mol. The van der Waals surface area contributed by atoms with Crippen LogP contribution >= 0.6 is 0 Å². The van der Waals surface area contributed by atoms with Gasteiger partial charge in [-0.3, -0.25) is 4.31 Å². The smallest absolute Gasteiger partial charge is 0.475 e.